The number of pyridine rings is 1. The molecule has 0 aliphatic carbocycles. The quantitative estimate of drug-likeness (QED) is 0.568. The SMILES string of the molecule is Oc1cccc2ccn3nnnc3c12. The number of nitrogens with zero attached hydrogens (tertiary/aromatic N) is 4. The minimum atomic E-state index is 0.197. The molecule has 0 spiro atoms. The van der Waals surface area contributed by atoms with Gasteiger partial charge in [0.1, 0.15) is 5.75 Å². The fourth-order valence-electron chi connectivity index (χ4n) is 1.55. The molecule has 0 radical (unpaired) electrons. The second-order valence-corrected chi connectivity index (χ2v) is 3.00. The van der Waals surface area contributed by atoms with Crippen molar-refractivity contribution in [2.45, 2.75) is 0 Å². The minimum Gasteiger partial charge on any atom is -0.507 e. The summed E-state index contributed by atoms with van der Waals surface area (Å²) < 4.78 is 1.53. The number of hydrogen-bond donors (Lipinski definition) is 1. The van der Waals surface area contributed by atoms with Crippen LogP contribution in [-0.4, -0.2) is 25.1 Å². The molecule has 1 aromatic carbocycles. The lowest BCUT2D eigenvalue weighted by Crippen LogP contribution is -1.87. The summed E-state index contributed by atoms with van der Waals surface area (Å²) in [4.78, 5) is 0. The van der Waals surface area contributed by atoms with E-state index in [0.717, 1.165) is 5.39 Å². The van der Waals surface area contributed by atoms with Crippen LogP contribution >= 0.6 is 0 Å². The Balaban J connectivity index is 2.67. The van der Waals surface area contributed by atoms with Gasteiger partial charge in [-0.15, -0.1) is 5.10 Å². The molecule has 2 heterocycles. The average Bonchev–Trinajstić information content (AvgIpc) is 2.65. The van der Waals surface area contributed by atoms with E-state index in [4.69, 9.17) is 0 Å². The second kappa shape index (κ2) is 2.41. The van der Waals surface area contributed by atoms with Crippen molar-refractivity contribution in [3.05, 3.63) is 30.5 Å². The first-order valence-electron chi connectivity index (χ1n) is 4.15. The summed E-state index contributed by atoms with van der Waals surface area (Å²) in [5, 5.41) is 22.4. The van der Waals surface area contributed by atoms with Gasteiger partial charge >= 0.3 is 0 Å². The number of aromatic nitrogens is 4. The van der Waals surface area contributed by atoms with Crippen molar-refractivity contribution < 1.29 is 5.11 Å². The molecular formula is C9H6N4O. The molecule has 0 unspecified atom stereocenters. The van der Waals surface area contributed by atoms with E-state index in [1.807, 2.05) is 12.1 Å². The topological polar surface area (TPSA) is 63.3 Å². The normalized spacial score (nSPS) is 11.1. The van der Waals surface area contributed by atoms with Gasteiger partial charge in [-0.3, -0.25) is 0 Å². The van der Waals surface area contributed by atoms with Gasteiger partial charge < -0.3 is 5.11 Å². The summed E-state index contributed by atoms with van der Waals surface area (Å²) in [5.41, 5.74) is 0.570. The zero-order chi connectivity index (χ0) is 9.54. The first kappa shape index (κ1) is 7.25. The Morgan fingerprint density at radius 1 is 1.21 bits per heavy atom. The van der Waals surface area contributed by atoms with Crippen molar-refractivity contribution in [1.29, 1.82) is 0 Å². The Morgan fingerprint density at radius 2 is 2.14 bits per heavy atom. The lowest BCUT2D eigenvalue weighted by atomic mass is 10.1. The smallest absolute Gasteiger partial charge is 0.190 e. The monoisotopic (exact) mass is 186 g/mol. The molecule has 0 amide bonds. The van der Waals surface area contributed by atoms with Gasteiger partial charge in [-0.1, -0.05) is 12.1 Å². The van der Waals surface area contributed by atoms with Crippen LogP contribution < -0.4 is 0 Å². The minimum absolute atomic E-state index is 0.197. The molecular weight excluding hydrogens is 180 g/mol. The van der Waals surface area contributed by atoms with E-state index < -0.39 is 0 Å². The van der Waals surface area contributed by atoms with Gasteiger partial charge in [-0.05, 0) is 27.9 Å². The van der Waals surface area contributed by atoms with E-state index in [1.165, 1.54) is 4.52 Å². The zero-order valence-electron chi connectivity index (χ0n) is 7.12. The van der Waals surface area contributed by atoms with E-state index in [0.29, 0.717) is 11.0 Å². The van der Waals surface area contributed by atoms with Crippen molar-refractivity contribution in [2.75, 3.05) is 0 Å². The van der Waals surface area contributed by atoms with Crippen LogP contribution in [0.15, 0.2) is 30.5 Å². The highest BCUT2D eigenvalue weighted by atomic mass is 16.3. The first-order chi connectivity index (χ1) is 6.86. The van der Waals surface area contributed by atoms with Crippen molar-refractivity contribution in [3.8, 4) is 5.75 Å². The molecule has 0 fully saturated rings. The van der Waals surface area contributed by atoms with Gasteiger partial charge in [0.25, 0.3) is 0 Å². The third-order valence-electron chi connectivity index (χ3n) is 2.19. The summed E-state index contributed by atoms with van der Waals surface area (Å²) in [7, 11) is 0. The number of fused-ring (bicyclic) bond motifs is 3. The van der Waals surface area contributed by atoms with Gasteiger partial charge in [0, 0.05) is 6.20 Å². The highest BCUT2D eigenvalue weighted by Gasteiger charge is 2.06. The number of rotatable bonds is 0. The number of tetrazole rings is 1. The number of phenolic OH excluding ortho intramolecular Hbond substituents is 1. The first-order valence-corrected chi connectivity index (χ1v) is 4.15. The second-order valence-electron chi connectivity index (χ2n) is 3.00. The zero-order valence-corrected chi connectivity index (χ0v) is 7.12. The van der Waals surface area contributed by atoms with Gasteiger partial charge in [0.05, 0.1) is 5.39 Å². The maximum Gasteiger partial charge on any atom is 0.190 e. The summed E-state index contributed by atoms with van der Waals surface area (Å²) in [6, 6.07) is 7.18. The van der Waals surface area contributed by atoms with Crippen LogP contribution in [0.5, 0.6) is 5.75 Å². The van der Waals surface area contributed by atoms with Crippen LogP contribution in [0.2, 0.25) is 0 Å². The molecule has 0 aliphatic rings. The molecule has 68 valence electrons. The highest BCUT2D eigenvalue weighted by molar-refractivity contribution is 5.98. The van der Waals surface area contributed by atoms with Crippen molar-refractivity contribution in [2.24, 2.45) is 0 Å². The standard InChI is InChI=1S/C9H6N4O/c14-7-3-1-2-6-4-5-13-9(8(6)7)10-11-12-13/h1-5,14H. The van der Waals surface area contributed by atoms with Crippen LogP contribution in [0.25, 0.3) is 16.4 Å². The van der Waals surface area contributed by atoms with Crippen LogP contribution in [-0.2, 0) is 0 Å². The van der Waals surface area contributed by atoms with Crippen LogP contribution in [0.3, 0.4) is 0 Å². The summed E-state index contributed by atoms with van der Waals surface area (Å²) in [5.74, 6) is 0.197. The van der Waals surface area contributed by atoms with Crippen LogP contribution in [0.1, 0.15) is 0 Å². The van der Waals surface area contributed by atoms with E-state index in [2.05, 4.69) is 15.5 Å². The predicted molar refractivity (Wildman–Crippen MR) is 50.0 cm³/mol. The molecule has 3 aromatic rings. The molecule has 0 bridgehead atoms. The van der Waals surface area contributed by atoms with E-state index in [-0.39, 0.29) is 5.75 Å². The molecule has 1 N–H and O–H groups in total. The lowest BCUT2D eigenvalue weighted by molar-refractivity contribution is 0.482. The molecule has 5 heteroatoms. The van der Waals surface area contributed by atoms with Crippen molar-refractivity contribution >= 4 is 16.4 Å². The van der Waals surface area contributed by atoms with Crippen LogP contribution in [0.4, 0.5) is 0 Å². The van der Waals surface area contributed by atoms with E-state index in [9.17, 15) is 5.11 Å². The molecule has 2 aromatic heterocycles. The summed E-state index contributed by atoms with van der Waals surface area (Å²) in [6.45, 7) is 0. The summed E-state index contributed by atoms with van der Waals surface area (Å²) >= 11 is 0. The maximum atomic E-state index is 9.68. The number of phenols is 1. The highest BCUT2D eigenvalue weighted by Crippen LogP contribution is 2.26. The number of benzene rings is 1. The third kappa shape index (κ3) is 0.806. The average molecular weight is 186 g/mol. The van der Waals surface area contributed by atoms with E-state index >= 15 is 0 Å². The van der Waals surface area contributed by atoms with Gasteiger partial charge in [-0.25, -0.2) is 0 Å². The Kier molecular flexibility index (Phi) is 1.25. The molecule has 14 heavy (non-hydrogen) atoms. The van der Waals surface area contributed by atoms with Gasteiger partial charge in [-0.2, -0.15) is 4.52 Å². The van der Waals surface area contributed by atoms with Crippen molar-refractivity contribution in [3.63, 3.8) is 0 Å². The van der Waals surface area contributed by atoms with E-state index in [1.54, 1.807) is 18.3 Å². The van der Waals surface area contributed by atoms with Crippen LogP contribution in [0, 0.1) is 0 Å². The lowest BCUT2D eigenvalue weighted by Gasteiger charge is -2.00. The van der Waals surface area contributed by atoms with Gasteiger partial charge in [0.2, 0.25) is 0 Å². The Morgan fingerprint density at radius 3 is 3.07 bits per heavy atom. The third-order valence-corrected chi connectivity index (χ3v) is 2.19. The van der Waals surface area contributed by atoms with Crippen molar-refractivity contribution in [1.82, 2.24) is 20.0 Å². The number of aromatic hydroxyl groups is 1. The predicted octanol–water partition coefficient (Wildman–Crippen LogP) is 0.983. The fourth-order valence-corrected chi connectivity index (χ4v) is 1.55. The van der Waals surface area contributed by atoms with Gasteiger partial charge in [0.15, 0.2) is 5.65 Å². The summed E-state index contributed by atoms with van der Waals surface area (Å²) in [6.07, 6.45) is 1.76. The fraction of sp³-hybridized carbons (Fsp3) is 0. The Bertz CT molecular complexity index is 616. The number of hydrogen-bond acceptors (Lipinski definition) is 4. The maximum absolute atomic E-state index is 9.68. The molecule has 5 nitrogen and oxygen atoms in total. The largest absolute Gasteiger partial charge is 0.507 e. The Hall–Kier alpha value is -2.17. The Labute approximate surface area is 78.6 Å². The molecule has 0 saturated heterocycles. The molecule has 0 saturated carbocycles. The molecule has 0 atom stereocenters. The molecule has 0 aliphatic heterocycles. The molecule has 3 rings (SSSR count).